The van der Waals surface area contributed by atoms with Crippen LogP contribution in [0.15, 0.2) is 77.3 Å². The molecule has 4 rings (SSSR count). The van der Waals surface area contributed by atoms with E-state index in [9.17, 15) is 14.0 Å². The Bertz CT molecular complexity index is 1220. The summed E-state index contributed by atoms with van der Waals surface area (Å²) < 4.78 is 19.2. The maximum absolute atomic E-state index is 13.8. The number of ether oxygens (including phenoxy) is 1. The van der Waals surface area contributed by atoms with E-state index in [0.717, 1.165) is 4.47 Å². The maximum Gasteiger partial charge on any atom is 0.337 e. The second-order valence-electron chi connectivity index (χ2n) is 7.32. The van der Waals surface area contributed by atoms with Crippen LogP contribution in [0.25, 0.3) is 0 Å². The highest BCUT2D eigenvalue weighted by atomic mass is 79.9. The fourth-order valence-electron chi connectivity index (χ4n) is 3.83. The Hall–Kier alpha value is -3.52. The van der Waals surface area contributed by atoms with E-state index in [1.165, 1.54) is 36.3 Å². The average Bonchev–Trinajstić information content (AvgIpc) is 3.05. The molecule has 0 spiro atoms. The maximum atomic E-state index is 13.8. The molecule has 3 aromatic carbocycles. The summed E-state index contributed by atoms with van der Waals surface area (Å²) in [5.41, 5.74) is 0.746. The van der Waals surface area contributed by atoms with E-state index < -0.39 is 17.3 Å². The Labute approximate surface area is 192 Å². The van der Waals surface area contributed by atoms with Gasteiger partial charge in [-0.25, -0.2) is 9.18 Å². The summed E-state index contributed by atoms with van der Waals surface area (Å²) in [7, 11) is 1.30. The lowest BCUT2D eigenvalue weighted by Gasteiger charge is -2.28. The van der Waals surface area contributed by atoms with Crippen molar-refractivity contribution in [3.05, 3.63) is 105 Å². The summed E-state index contributed by atoms with van der Waals surface area (Å²) in [4.78, 5) is 27.0. The Morgan fingerprint density at radius 3 is 2.50 bits per heavy atom. The molecule has 1 atom stereocenters. The van der Waals surface area contributed by atoms with Gasteiger partial charge in [-0.15, -0.1) is 0 Å². The number of carbonyl (C=O) groups is 2. The van der Waals surface area contributed by atoms with E-state index in [0.29, 0.717) is 22.3 Å². The summed E-state index contributed by atoms with van der Waals surface area (Å²) in [5.74, 6) is -1.38. The molecule has 1 fully saturated rings. The fourth-order valence-corrected chi connectivity index (χ4v) is 4.23. The lowest BCUT2D eigenvalue weighted by Crippen LogP contribution is -2.45. The molecular formula is C24H19BrFN3O3. The van der Waals surface area contributed by atoms with Crippen molar-refractivity contribution in [2.45, 2.75) is 12.1 Å². The molecule has 0 radical (unpaired) electrons. The van der Waals surface area contributed by atoms with Gasteiger partial charge >= 0.3 is 5.97 Å². The molecule has 1 aliphatic rings. The van der Waals surface area contributed by atoms with E-state index >= 15 is 0 Å². The quantitative estimate of drug-likeness (QED) is 0.520. The van der Waals surface area contributed by atoms with E-state index in [1.54, 1.807) is 42.5 Å². The molecule has 0 bridgehead atoms. The van der Waals surface area contributed by atoms with Gasteiger partial charge in [0.05, 0.1) is 19.2 Å². The Morgan fingerprint density at radius 1 is 1.09 bits per heavy atom. The number of rotatable bonds is 5. The number of hydrogen-bond acceptors (Lipinski definition) is 4. The monoisotopic (exact) mass is 495 g/mol. The van der Waals surface area contributed by atoms with Crippen molar-refractivity contribution in [3.8, 4) is 0 Å². The van der Waals surface area contributed by atoms with Gasteiger partial charge in [-0.05, 0) is 53.1 Å². The lowest BCUT2D eigenvalue weighted by atomic mass is 9.82. The third-order valence-corrected chi connectivity index (χ3v) is 5.86. The van der Waals surface area contributed by atoms with Gasteiger partial charge < -0.3 is 10.1 Å². The van der Waals surface area contributed by atoms with Crippen LogP contribution < -0.4 is 5.32 Å². The number of methoxy groups -OCH3 is 1. The minimum Gasteiger partial charge on any atom is -0.465 e. The highest BCUT2D eigenvalue weighted by Crippen LogP contribution is 2.37. The van der Waals surface area contributed by atoms with Crippen molar-refractivity contribution in [2.75, 3.05) is 7.11 Å². The van der Waals surface area contributed by atoms with E-state index in [-0.39, 0.29) is 18.4 Å². The van der Waals surface area contributed by atoms with E-state index in [4.69, 9.17) is 10.1 Å². The summed E-state index contributed by atoms with van der Waals surface area (Å²) in [6.45, 7) is 0.0758. The molecule has 0 aliphatic carbocycles. The highest BCUT2D eigenvalue weighted by Gasteiger charge is 2.52. The zero-order chi connectivity index (χ0) is 22.9. The van der Waals surface area contributed by atoms with Crippen LogP contribution >= 0.6 is 15.9 Å². The number of carbonyl (C=O) groups excluding carboxylic acids is 2. The number of hydrogen-bond donors (Lipinski definition) is 2. The topological polar surface area (TPSA) is 82.5 Å². The summed E-state index contributed by atoms with van der Waals surface area (Å²) in [6, 6.07) is 19.6. The number of benzene rings is 3. The minimum absolute atomic E-state index is 0.0758. The number of halogens is 2. The molecule has 1 saturated heterocycles. The van der Waals surface area contributed by atoms with E-state index in [1.807, 2.05) is 6.07 Å². The van der Waals surface area contributed by atoms with Crippen molar-refractivity contribution in [2.24, 2.45) is 0 Å². The van der Waals surface area contributed by atoms with Crippen LogP contribution in [0.1, 0.15) is 27.0 Å². The second kappa shape index (κ2) is 8.55. The average molecular weight is 496 g/mol. The highest BCUT2D eigenvalue weighted by molar-refractivity contribution is 9.10. The number of esters is 1. The van der Waals surface area contributed by atoms with Crippen molar-refractivity contribution < 1.29 is 18.7 Å². The van der Waals surface area contributed by atoms with Gasteiger partial charge in [-0.1, -0.05) is 52.3 Å². The van der Waals surface area contributed by atoms with Crippen LogP contribution in [-0.2, 0) is 21.6 Å². The predicted molar refractivity (Wildman–Crippen MR) is 121 cm³/mol. The third-order valence-electron chi connectivity index (χ3n) is 5.37. The summed E-state index contributed by atoms with van der Waals surface area (Å²) in [5, 5.41) is 11.6. The molecule has 1 heterocycles. The van der Waals surface area contributed by atoms with Crippen LogP contribution in [0.2, 0.25) is 0 Å². The zero-order valence-corrected chi connectivity index (χ0v) is 18.6. The predicted octanol–water partition coefficient (Wildman–Crippen LogP) is 4.19. The Morgan fingerprint density at radius 2 is 1.81 bits per heavy atom. The number of guanidine groups is 1. The van der Waals surface area contributed by atoms with Crippen LogP contribution in [0.3, 0.4) is 0 Å². The zero-order valence-electron chi connectivity index (χ0n) is 17.1. The first-order valence-electron chi connectivity index (χ1n) is 9.73. The summed E-state index contributed by atoms with van der Waals surface area (Å²) >= 11 is 3.44. The molecular weight excluding hydrogens is 477 g/mol. The second-order valence-corrected chi connectivity index (χ2v) is 8.24. The lowest BCUT2D eigenvalue weighted by molar-refractivity contribution is -0.130. The number of amides is 1. The van der Waals surface area contributed by atoms with Crippen molar-refractivity contribution in [1.29, 1.82) is 5.41 Å². The Kier molecular flexibility index (Phi) is 5.80. The molecule has 162 valence electrons. The fraction of sp³-hybridized carbons (Fsp3) is 0.125. The molecule has 8 heteroatoms. The van der Waals surface area contributed by atoms with Crippen LogP contribution in [0, 0.1) is 11.2 Å². The van der Waals surface area contributed by atoms with Crippen LogP contribution in [-0.4, -0.2) is 29.8 Å². The van der Waals surface area contributed by atoms with Gasteiger partial charge in [-0.3, -0.25) is 15.1 Å². The molecule has 0 unspecified atom stereocenters. The molecule has 6 nitrogen and oxygen atoms in total. The molecule has 1 amide bonds. The van der Waals surface area contributed by atoms with Crippen molar-refractivity contribution in [1.82, 2.24) is 10.2 Å². The van der Waals surface area contributed by atoms with Gasteiger partial charge in [-0.2, -0.15) is 0 Å². The van der Waals surface area contributed by atoms with Crippen molar-refractivity contribution in [3.63, 3.8) is 0 Å². The normalized spacial score (nSPS) is 17.9. The van der Waals surface area contributed by atoms with Crippen LogP contribution in [0.5, 0.6) is 0 Å². The van der Waals surface area contributed by atoms with Crippen molar-refractivity contribution >= 4 is 33.8 Å². The number of nitrogens with one attached hydrogen (secondary N) is 2. The van der Waals surface area contributed by atoms with E-state index in [2.05, 4.69) is 21.2 Å². The van der Waals surface area contributed by atoms with Gasteiger partial charge in [0.2, 0.25) is 0 Å². The van der Waals surface area contributed by atoms with Gasteiger partial charge in [0.25, 0.3) is 5.91 Å². The van der Waals surface area contributed by atoms with Crippen LogP contribution in [0.4, 0.5) is 4.39 Å². The first-order valence-corrected chi connectivity index (χ1v) is 10.5. The largest absolute Gasteiger partial charge is 0.465 e. The first kappa shape index (κ1) is 21.7. The summed E-state index contributed by atoms with van der Waals surface area (Å²) in [6.07, 6.45) is 0. The molecule has 3 aromatic rings. The van der Waals surface area contributed by atoms with Gasteiger partial charge in [0, 0.05) is 4.47 Å². The third kappa shape index (κ3) is 3.78. The van der Waals surface area contributed by atoms with Gasteiger partial charge in [0.1, 0.15) is 5.82 Å². The smallest absolute Gasteiger partial charge is 0.337 e. The molecule has 0 saturated carbocycles. The minimum atomic E-state index is -1.39. The molecule has 32 heavy (non-hydrogen) atoms. The SMILES string of the molecule is COC(=O)c1cccc(CN2C(=N)N[C@@](c3ccc(F)cc3)(c3cccc(Br)c3)C2=O)c1. The first-order chi connectivity index (χ1) is 15.3. The number of nitrogens with zero attached hydrogens (tertiary/aromatic N) is 1. The molecule has 0 aromatic heterocycles. The van der Waals surface area contributed by atoms with Gasteiger partial charge in [0.15, 0.2) is 11.5 Å². The molecule has 1 aliphatic heterocycles. The molecule has 2 N–H and O–H groups in total. The standard InChI is InChI=1S/C24H19BrFN3O3/c1-32-21(30)16-5-2-4-15(12-16)14-29-22(31)24(28-23(29)27,17-8-10-20(26)11-9-17)18-6-3-7-19(25)13-18/h2-13H,14H2,1H3,(H2,27,28)/t24-/m0/s1. The Balaban J connectivity index is 1.77.